The Labute approximate surface area is 382 Å². The van der Waals surface area contributed by atoms with Gasteiger partial charge in [-0.1, -0.05) is 26.0 Å². The molecule has 0 spiro atoms. The second-order valence-corrected chi connectivity index (χ2v) is 20.1. The normalized spacial score (nSPS) is 21.3. The van der Waals surface area contributed by atoms with Gasteiger partial charge in [0.1, 0.15) is 0 Å². The first kappa shape index (κ1) is 48.8. The monoisotopic (exact) mass is 944 g/mol. The number of alkyl halides is 6. The molecule has 1 saturated carbocycles. The van der Waals surface area contributed by atoms with Crippen molar-refractivity contribution in [1.82, 2.24) is 30.2 Å². The lowest BCUT2D eigenvalue weighted by atomic mass is 9.98. The fourth-order valence-electron chi connectivity index (χ4n) is 9.11. The molecule has 4 aromatic rings. The Bertz CT molecular complexity index is 2510. The minimum Gasteiger partial charge on any atom is -0.364 e. The van der Waals surface area contributed by atoms with E-state index >= 15 is 0 Å². The van der Waals surface area contributed by atoms with Crippen molar-refractivity contribution < 1.29 is 39.6 Å². The van der Waals surface area contributed by atoms with Gasteiger partial charge >= 0.3 is 12.4 Å². The number of piperidine rings is 2. The quantitative estimate of drug-likeness (QED) is 0.0843. The number of amides is 1. The number of rotatable bonds is 15. The zero-order chi connectivity index (χ0) is 47.7. The molecule has 3 unspecified atom stereocenters. The molecule has 3 fully saturated rings. The molecule has 2 aromatic carbocycles. The summed E-state index contributed by atoms with van der Waals surface area (Å²) in [6.07, 6.45) is -3.79. The van der Waals surface area contributed by atoms with Crippen molar-refractivity contribution in [3.63, 3.8) is 0 Å². The van der Waals surface area contributed by atoms with Gasteiger partial charge in [0.2, 0.25) is 15.9 Å². The lowest BCUT2D eigenvalue weighted by Gasteiger charge is -2.36. The zero-order valence-corrected chi connectivity index (χ0v) is 38.8. The van der Waals surface area contributed by atoms with E-state index in [1.54, 1.807) is 19.1 Å². The average molecular weight is 945 g/mol. The van der Waals surface area contributed by atoms with Crippen molar-refractivity contribution in [2.24, 2.45) is 11.8 Å². The molecule has 1 aliphatic carbocycles. The predicted octanol–water partition coefficient (Wildman–Crippen LogP) is 9.27. The van der Waals surface area contributed by atoms with Crippen LogP contribution in [-0.2, 0) is 27.2 Å². The van der Waals surface area contributed by atoms with E-state index in [1.807, 2.05) is 6.92 Å². The van der Waals surface area contributed by atoms with Gasteiger partial charge in [-0.2, -0.15) is 26.3 Å². The van der Waals surface area contributed by atoms with Crippen LogP contribution in [0.25, 0.3) is 22.5 Å². The van der Waals surface area contributed by atoms with Gasteiger partial charge in [-0.25, -0.2) is 8.42 Å². The van der Waals surface area contributed by atoms with E-state index in [4.69, 9.17) is 0 Å². The van der Waals surface area contributed by atoms with Crippen molar-refractivity contribution in [2.45, 2.75) is 110 Å². The molecule has 4 heterocycles. The second kappa shape index (κ2) is 19.6. The largest absolute Gasteiger partial charge is 0.416 e. The lowest BCUT2D eigenvalue weighted by molar-refractivity contribution is -0.138. The van der Waals surface area contributed by atoms with Gasteiger partial charge in [0.15, 0.2) is 11.6 Å². The molecule has 0 bridgehead atoms. The average Bonchev–Trinajstić information content (AvgIpc) is 4.02. The number of benzene rings is 2. The van der Waals surface area contributed by atoms with E-state index in [1.165, 1.54) is 6.07 Å². The summed E-state index contributed by atoms with van der Waals surface area (Å²) in [7, 11) is -4.00. The number of hydrogen-bond donors (Lipinski definition) is 4. The maximum atomic E-state index is 14.1. The Kier molecular flexibility index (Phi) is 14.5. The van der Waals surface area contributed by atoms with Gasteiger partial charge in [-0.3, -0.25) is 14.4 Å². The predicted molar refractivity (Wildman–Crippen MR) is 244 cm³/mol. The number of likely N-dealkylation sites (N-methyl/N-ethyl adjacent to an activating group) is 1. The summed E-state index contributed by atoms with van der Waals surface area (Å²) >= 11 is 0. The molecule has 66 heavy (non-hydrogen) atoms. The summed E-state index contributed by atoms with van der Waals surface area (Å²) in [6, 6.07) is 9.93. The highest BCUT2D eigenvalue weighted by atomic mass is 32.2. The number of anilines is 4. The molecule has 358 valence electrons. The van der Waals surface area contributed by atoms with Crippen LogP contribution in [0.15, 0.2) is 48.5 Å². The van der Waals surface area contributed by atoms with Gasteiger partial charge in [0.05, 0.1) is 40.1 Å². The zero-order valence-electron chi connectivity index (χ0n) is 37.9. The van der Waals surface area contributed by atoms with Gasteiger partial charge in [0, 0.05) is 53.8 Å². The van der Waals surface area contributed by atoms with Crippen molar-refractivity contribution >= 4 is 38.9 Å². The van der Waals surface area contributed by atoms with Gasteiger partial charge in [-0.05, 0) is 133 Å². The smallest absolute Gasteiger partial charge is 0.364 e. The number of halogens is 6. The van der Waals surface area contributed by atoms with Crippen molar-refractivity contribution in [1.29, 1.82) is 0 Å². The van der Waals surface area contributed by atoms with Gasteiger partial charge in [0.25, 0.3) is 0 Å². The topological polar surface area (TPSA) is 157 Å². The molecule has 2 aliphatic heterocycles. The van der Waals surface area contributed by atoms with E-state index < -0.39 is 45.3 Å². The van der Waals surface area contributed by atoms with Crippen LogP contribution in [0.5, 0.6) is 0 Å². The number of nitrogens with zero attached hydrogens (tertiary/aromatic N) is 6. The number of aryl methyl sites for hydroxylation is 1. The van der Waals surface area contributed by atoms with Gasteiger partial charge in [-0.15, -0.1) is 20.4 Å². The Morgan fingerprint density at radius 2 is 1.36 bits per heavy atom. The maximum absolute atomic E-state index is 14.1. The first-order valence-corrected chi connectivity index (χ1v) is 24.4. The number of carbonyl (C=O) groups excluding carboxylic acids is 1. The molecule has 4 N–H and O–H groups in total. The Morgan fingerprint density at radius 1 is 0.788 bits per heavy atom. The summed E-state index contributed by atoms with van der Waals surface area (Å²) in [6.45, 7) is 14.4. The molecule has 20 heteroatoms. The molecule has 7 rings (SSSR count). The van der Waals surface area contributed by atoms with Gasteiger partial charge < -0.3 is 20.9 Å². The van der Waals surface area contributed by atoms with Crippen LogP contribution >= 0.6 is 0 Å². The third-order valence-corrected chi connectivity index (χ3v) is 13.4. The number of carbonyl (C=O) groups is 1. The molecule has 5 atom stereocenters. The Balaban J connectivity index is 1.12. The Hall–Kier alpha value is -5.08. The number of aromatic nitrogens is 4. The van der Waals surface area contributed by atoms with E-state index in [9.17, 15) is 39.6 Å². The number of nitrogens with one attached hydrogen (secondary N) is 4. The Morgan fingerprint density at radius 3 is 1.97 bits per heavy atom. The molecule has 1 amide bonds. The first-order valence-electron chi connectivity index (χ1n) is 22.5. The molecular weight excluding hydrogens is 887 g/mol. The summed E-state index contributed by atoms with van der Waals surface area (Å²) in [5.74, 6) is -0.328. The summed E-state index contributed by atoms with van der Waals surface area (Å²) < 4.78 is 110. The second-order valence-electron chi connectivity index (χ2n) is 18.4. The van der Waals surface area contributed by atoms with E-state index in [2.05, 4.69) is 71.6 Å². The van der Waals surface area contributed by atoms with Crippen molar-refractivity contribution in [3.05, 3.63) is 70.8 Å². The van der Waals surface area contributed by atoms with Crippen molar-refractivity contribution in [2.75, 3.05) is 59.7 Å². The third kappa shape index (κ3) is 12.1. The molecule has 13 nitrogen and oxygen atoms in total. The fraction of sp³-hybridized carbons (Fsp3) is 0.543. The SMILES string of the molecule is CCN1CCC[C@@H](Nc2nnc(-c3ccc(C(F)(F)F)cc3NS(C)(=O)=O)cc2C2CC2CC(C)C(=O)Nc2cc(C(F)(F)F)ccc2-c2cc(C)c(N[C@@H]3CCCN(C(C)C)C3)nn2)C1. The lowest BCUT2D eigenvalue weighted by Crippen LogP contribution is -2.45. The van der Waals surface area contributed by atoms with Crippen LogP contribution in [0, 0.1) is 18.8 Å². The van der Waals surface area contributed by atoms with Crippen LogP contribution in [0.4, 0.5) is 49.4 Å². The summed E-state index contributed by atoms with van der Waals surface area (Å²) in [4.78, 5) is 18.6. The molecule has 3 aliphatic rings. The number of hydrogen-bond acceptors (Lipinski definition) is 11. The molecule has 2 aromatic heterocycles. The number of likely N-dealkylation sites (tertiary alicyclic amines) is 2. The van der Waals surface area contributed by atoms with Crippen LogP contribution < -0.4 is 20.7 Å². The molecule has 2 saturated heterocycles. The third-order valence-electron chi connectivity index (χ3n) is 12.9. The van der Waals surface area contributed by atoms with E-state index in [-0.39, 0.29) is 52.1 Å². The van der Waals surface area contributed by atoms with Crippen LogP contribution in [-0.4, -0.2) is 102 Å². The standard InChI is InChI=1S/C46H58F6N10O3S/c1-7-61-16-8-10-32(24-61)54-43-37(23-40(57-59-43)35-15-13-31(46(50,51)52)22-41(35)60-66(6,64)65)36-20-29(36)18-28(5)44(63)55-38-21-30(45(47,48)49)12-14-34(38)39-19-27(4)42(58-56-39)53-33-11-9-17-62(25-33)26(2)3/h12-15,19,21-23,26,28-29,32-33,36,60H,7-11,16-18,20,24-25H2,1-6H3,(H,53,58)(H,54,59)(H,55,63)/t28?,29?,32-,33-,36?/m1/s1. The minimum absolute atomic E-state index is 0.0307. The van der Waals surface area contributed by atoms with Crippen LogP contribution in [0.1, 0.15) is 94.4 Å². The highest BCUT2D eigenvalue weighted by Crippen LogP contribution is 2.53. The number of sulfonamides is 1. The fourth-order valence-corrected chi connectivity index (χ4v) is 9.68. The maximum Gasteiger partial charge on any atom is 0.416 e. The van der Waals surface area contributed by atoms with E-state index in [0.29, 0.717) is 41.8 Å². The van der Waals surface area contributed by atoms with Crippen LogP contribution in [0.3, 0.4) is 0 Å². The molecular formula is C46H58F6N10O3S. The van der Waals surface area contributed by atoms with E-state index in [0.717, 1.165) is 101 Å². The first-order chi connectivity index (χ1) is 31.1. The highest BCUT2D eigenvalue weighted by Gasteiger charge is 2.43. The van der Waals surface area contributed by atoms with Crippen molar-refractivity contribution in [3.8, 4) is 22.5 Å². The highest BCUT2D eigenvalue weighted by molar-refractivity contribution is 7.92. The summed E-state index contributed by atoms with van der Waals surface area (Å²) in [5.41, 5.74) is -0.0549. The van der Waals surface area contributed by atoms with Crippen LogP contribution in [0.2, 0.25) is 0 Å². The molecule has 0 radical (unpaired) electrons. The summed E-state index contributed by atoms with van der Waals surface area (Å²) in [5, 5.41) is 27.5. The minimum atomic E-state index is -4.74.